The maximum Gasteiger partial charge on any atom is 0.279 e. The molecule has 3 rings (SSSR count). The lowest BCUT2D eigenvalue weighted by Crippen LogP contribution is -2.11. The molecule has 0 radical (unpaired) electrons. The Kier molecular flexibility index (Phi) is 3.62. The van der Waals surface area contributed by atoms with Crippen LogP contribution >= 0.6 is 11.6 Å². The monoisotopic (exact) mass is 304 g/mol. The van der Waals surface area contributed by atoms with Crippen molar-refractivity contribution in [3.8, 4) is 5.75 Å². The highest BCUT2D eigenvalue weighted by atomic mass is 35.5. The number of methoxy groups -OCH3 is 1. The summed E-state index contributed by atoms with van der Waals surface area (Å²) in [6, 6.07) is 7.67. The Bertz CT molecular complexity index is 823. The molecule has 0 unspecified atom stereocenters. The van der Waals surface area contributed by atoms with Gasteiger partial charge in [-0.1, -0.05) is 12.1 Å². The van der Waals surface area contributed by atoms with E-state index in [1.807, 2.05) is 24.3 Å². The molecule has 0 aliphatic heterocycles. The molecule has 0 fully saturated rings. The second-order valence-corrected chi connectivity index (χ2v) is 4.82. The smallest absolute Gasteiger partial charge is 0.279 e. The molecule has 2 heterocycles. The van der Waals surface area contributed by atoms with Crippen LogP contribution < -0.4 is 10.3 Å². The maximum atomic E-state index is 11.9. The van der Waals surface area contributed by atoms with Crippen molar-refractivity contribution in [2.24, 2.45) is 0 Å². The Morgan fingerprint density at radius 2 is 2.10 bits per heavy atom. The number of hydrogen-bond donors (Lipinski definition) is 1. The first-order valence-electron chi connectivity index (χ1n) is 6.35. The molecule has 3 aromatic rings. The number of halogens is 1. The first-order chi connectivity index (χ1) is 10.2. The second-order valence-electron chi connectivity index (χ2n) is 4.55. The van der Waals surface area contributed by atoms with Crippen LogP contribution in [0.2, 0.25) is 0 Å². The summed E-state index contributed by atoms with van der Waals surface area (Å²) in [5.41, 5.74) is 1.64. The summed E-state index contributed by atoms with van der Waals surface area (Å²) in [7, 11) is 1.63. The fraction of sp³-hybridized carbons (Fsp3) is 0.214. The average Bonchev–Trinajstić information content (AvgIpc) is 2.91. The minimum Gasteiger partial charge on any atom is -0.497 e. The number of nitrogens with one attached hydrogen (secondary N) is 1. The molecule has 0 saturated carbocycles. The van der Waals surface area contributed by atoms with Crippen LogP contribution in [0.5, 0.6) is 5.75 Å². The Balaban J connectivity index is 1.93. The zero-order valence-corrected chi connectivity index (χ0v) is 12.1. The molecule has 1 aromatic carbocycles. The zero-order chi connectivity index (χ0) is 14.8. The Morgan fingerprint density at radius 1 is 1.33 bits per heavy atom. The summed E-state index contributed by atoms with van der Waals surface area (Å²) in [4.78, 5) is 18.7. The van der Waals surface area contributed by atoms with E-state index in [9.17, 15) is 4.79 Å². The van der Waals surface area contributed by atoms with Crippen molar-refractivity contribution in [1.82, 2.24) is 19.7 Å². The van der Waals surface area contributed by atoms with Gasteiger partial charge in [-0.2, -0.15) is 5.10 Å². The van der Waals surface area contributed by atoms with E-state index in [-0.39, 0.29) is 11.4 Å². The first kappa shape index (κ1) is 13.6. The van der Waals surface area contributed by atoms with E-state index in [0.717, 1.165) is 11.3 Å². The second kappa shape index (κ2) is 5.57. The van der Waals surface area contributed by atoms with Crippen molar-refractivity contribution in [3.63, 3.8) is 0 Å². The summed E-state index contributed by atoms with van der Waals surface area (Å²) < 4.78 is 6.81. The van der Waals surface area contributed by atoms with Gasteiger partial charge in [0.15, 0.2) is 5.52 Å². The van der Waals surface area contributed by atoms with Crippen LogP contribution in [0.25, 0.3) is 11.0 Å². The van der Waals surface area contributed by atoms with Crippen LogP contribution in [0.3, 0.4) is 0 Å². The lowest BCUT2D eigenvalue weighted by atomic mass is 10.2. The third-order valence-corrected chi connectivity index (χ3v) is 3.35. The van der Waals surface area contributed by atoms with Gasteiger partial charge in [-0.05, 0) is 17.7 Å². The summed E-state index contributed by atoms with van der Waals surface area (Å²) in [5, 5.41) is 4.26. The van der Waals surface area contributed by atoms with Gasteiger partial charge >= 0.3 is 0 Å². The number of alkyl halides is 1. The standard InChI is InChI=1S/C14H13ClN4O2/c1-21-10-4-2-9(3-5-10)7-19-8-11-13(18-19)14(20)17-12(6-15)16-11/h2-5,8H,6-7H2,1H3,(H,16,17,20). The summed E-state index contributed by atoms with van der Waals surface area (Å²) in [6.45, 7) is 0.552. The molecule has 0 saturated heterocycles. The highest BCUT2D eigenvalue weighted by Gasteiger charge is 2.08. The SMILES string of the molecule is COc1ccc(Cn2cc3nc(CCl)[nH]c(=O)c3n2)cc1. The number of hydrogen-bond acceptors (Lipinski definition) is 4. The lowest BCUT2D eigenvalue weighted by Gasteiger charge is -2.03. The Labute approximate surface area is 125 Å². The van der Waals surface area contributed by atoms with Gasteiger partial charge in [-0.25, -0.2) is 4.98 Å². The Morgan fingerprint density at radius 3 is 2.76 bits per heavy atom. The van der Waals surface area contributed by atoms with Gasteiger partial charge in [0.2, 0.25) is 0 Å². The number of nitrogens with zero attached hydrogens (tertiary/aromatic N) is 3. The largest absolute Gasteiger partial charge is 0.497 e. The molecule has 7 heteroatoms. The van der Waals surface area contributed by atoms with E-state index in [1.165, 1.54) is 0 Å². The van der Waals surface area contributed by atoms with Gasteiger partial charge in [0, 0.05) is 0 Å². The van der Waals surface area contributed by atoms with E-state index in [1.54, 1.807) is 18.0 Å². The van der Waals surface area contributed by atoms with Gasteiger partial charge in [-0.3, -0.25) is 9.48 Å². The average molecular weight is 305 g/mol. The molecule has 21 heavy (non-hydrogen) atoms. The number of fused-ring (bicyclic) bond motifs is 1. The van der Waals surface area contributed by atoms with Crippen LogP contribution in [-0.2, 0) is 12.4 Å². The van der Waals surface area contributed by atoms with E-state index < -0.39 is 0 Å². The quantitative estimate of drug-likeness (QED) is 0.747. The van der Waals surface area contributed by atoms with Gasteiger partial charge in [0.05, 0.1) is 25.7 Å². The van der Waals surface area contributed by atoms with Crippen molar-refractivity contribution in [3.05, 3.63) is 52.2 Å². The highest BCUT2D eigenvalue weighted by Crippen LogP contribution is 2.13. The number of benzene rings is 1. The molecule has 108 valence electrons. The Hall–Kier alpha value is -2.34. The summed E-state index contributed by atoms with van der Waals surface area (Å²) >= 11 is 5.69. The summed E-state index contributed by atoms with van der Waals surface area (Å²) in [6.07, 6.45) is 1.74. The van der Waals surface area contributed by atoms with Crippen molar-refractivity contribution in [2.45, 2.75) is 12.4 Å². The van der Waals surface area contributed by atoms with E-state index in [4.69, 9.17) is 16.3 Å². The molecule has 0 atom stereocenters. The third kappa shape index (κ3) is 2.75. The molecule has 2 aromatic heterocycles. The van der Waals surface area contributed by atoms with E-state index in [2.05, 4.69) is 15.1 Å². The molecule has 0 spiro atoms. The molecule has 1 N–H and O–H groups in total. The predicted molar refractivity (Wildman–Crippen MR) is 79.8 cm³/mol. The van der Waals surface area contributed by atoms with Gasteiger partial charge in [-0.15, -0.1) is 11.6 Å². The maximum absolute atomic E-state index is 11.9. The molecule has 6 nitrogen and oxygen atoms in total. The molecule has 0 aliphatic carbocycles. The number of aromatic nitrogens is 4. The van der Waals surface area contributed by atoms with Crippen molar-refractivity contribution in [2.75, 3.05) is 7.11 Å². The molecular weight excluding hydrogens is 292 g/mol. The van der Waals surface area contributed by atoms with E-state index >= 15 is 0 Å². The number of H-pyrrole nitrogens is 1. The number of aromatic amines is 1. The normalized spacial score (nSPS) is 11.0. The van der Waals surface area contributed by atoms with Crippen LogP contribution in [-0.4, -0.2) is 26.9 Å². The molecule has 0 aliphatic rings. The topological polar surface area (TPSA) is 72.8 Å². The van der Waals surface area contributed by atoms with Crippen LogP contribution in [0, 0.1) is 0 Å². The molecule has 0 bridgehead atoms. The van der Waals surface area contributed by atoms with Crippen molar-refractivity contribution >= 4 is 22.6 Å². The predicted octanol–water partition coefficient (Wildman–Crippen LogP) is 1.92. The number of rotatable bonds is 4. The minimum atomic E-state index is -0.274. The van der Waals surface area contributed by atoms with Gasteiger partial charge in [0.1, 0.15) is 17.1 Å². The van der Waals surface area contributed by atoms with Crippen molar-refractivity contribution in [1.29, 1.82) is 0 Å². The summed E-state index contributed by atoms with van der Waals surface area (Å²) in [5.74, 6) is 1.40. The van der Waals surface area contributed by atoms with Crippen LogP contribution in [0.4, 0.5) is 0 Å². The van der Waals surface area contributed by atoms with Crippen LogP contribution in [0.1, 0.15) is 11.4 Å². The van der Waals surface area contributed by atoms with Gasteiger partial charge in [0.25, 0.3) is 5.56 Å². The van der Waals surface area contributed by atoms with Crippen LogP contribution in [0.15, 0.2) is 35.3 Å². The van der Waals surface area contributed by atoms with Crippen molar-refractivity contribution < 1.29 is 4.74 Å². The fourth-order valence-corrected chi connectivity index (χ4v) is 2.21. The minimum absolute atomic E-state index is 0.162. The van der Waals surface area contributed by atoms with E-state index in [0.29, 0.717) is 23.4 Å². The van der Waals surface area contributed by atoms with Gasteiger partial charge < -0.3 is 9.72 Å². The zero-order valence-electron chi connectivity index (χ0n) is 11.3. The third-order valence-electron chi connectivity index (χ3n) is 3.10. The lowest BCUT2D eigenvalue weighted by molar-refractivity contribution is 0.414. The molecular formula is C14H13ClN4O2. The highest BCUT2D eigenvalue weighted by molar-refractivity contribution is 6.16. The first-order valence-corrected chi connectivity index (χ1v) is 6.88. The molecule has 0 amide bonds. The fourth-order valence-electron chi connectivity index (χ4n) is 2.08. The number of ether oxygens (including phenoxy) is 1.